The van der Waals surface area contributed by atoms with Gasteiger partial charge < -0.3 is 0 Å². The molecule has 2 aromatic rings. The molecule has 0 spiro atoms. The molecule has 0 radical (unpaired) electrons. The van der Waals surface area contributed by atoms with E-state index in [0.29, 0.717) is 6.54 Å². The molecule has 0 unspecified atom stereocenters. The zero-order chi connectivity index (χ0) is 18.0. The number of thiophene rings is 1. The molecule has 25 heavy (non-hydrogen) atoms. The lowest BCUT2D eigenvalue weighted by atomic mass is 10.2. The molecule has 1 aliphatic heterocycles. The van der Waals surface area contributed by atoms with Crippen LogP contribution in [0.4, 0.5) is 4.79 Å². The first-order valence-corrected chi connectivity index (χ1v) is 9.25. The van der Waals surface area contributed by atoms with Gasteiger partial charge in [-0.05, 0) is 36.2 Å². The van der Waals surface area contributed by atoms with Crippen LogP contribution in [0, 0.1) is 0 Å². The van der Waals surface area contributed by atoms with Crippen LogP contribution in [0.3, 0.4) is 0 Å². The van der Waals surface area contributed by atoms with Crippen molar-refractivity contribution in [2.24, 2.45) is 0 Å². The standard InChI is InChI=1S/C17H16BrN3O3S/c1-19(9-12-4-6-13(18)7-5-12)11-21-16(23)15(22)20(17(21)24)10-14-3-2-8-25-14/h2-8H,9-11H2,1H3. The van der Waals surface area contributed by atoms with Crippen LogP contribution in [-0.2, 0) is 22.7 Å². The van der Waals surface area contributed by atoms with Gasteiger partial charge in [0.15, 0.2) is 0 Å². The molecule has 0 saturated carbocycles. The normalized spacial score (nSPS) is 14.9. The monoisotopic (exact) mass is 421 g/mol. The lowest BCUT2D eigenvalue weighted by molar-refractivity contribution is -0.144. The predicted octanol–water partition coefficient (Wildman–Crippen LogP) is 2.89. The van der Waals surface area contributed by atoms with E-state index in [1.54, 1.807) is 7.05 Å². The fourth-order valence-corrected chi connectivity index (χ4v) is 3.52. The Kier molecular flexibility index (Phi) is 5.31. The van der Waals surface area contributed by atoms with Gasteiger partial charge >= 0.3 is 17.8 Å². The number of amides is 4. The summed E-state index contributed by atoms with van der Waals surface area (Å²) in [5.74, 6) is -1.54. The smallest absolute Gasteiger partial charge is 0.284 e. The number of carbonyl (C=O) groups is 3. The summed E-state index contributed by atoms with van der Waals surface area (Å²) >= 11 is 4.83. The molecule has 3 rings (SSSR count). The first kappa shape index (κ1) is 17.8. The van der Waals surface area contributed by atoms with Crippen LogP contribution in [0.15, 0.2) is 46.3 Å². The van der Waals surface area contributed by atoms with Gasteiger partial charge in [0.1, 0.15) is 0 Å². The number of halogens is 1. The van der Waals surface area contributed by atoms with Crippen molar-refractivity contribution in [2.45, 2.75) is 13.1 Å². The molecule has 0 N–H and O–H groups in total. The third-order valence-corrected chi connectivity index (χ3v) is 5.17. The molecular weight excluding hydrogens is 406 g/mol. The highest BCUT2D eigenvalue weighted by Gasteiger charge is 2.44. The fourth-order valence-electron chi connectivity index (χ4n) is 2.57. The summed E-state index contributed by atoms with van der Waals surface area (Å²) in [6, 6.07) is 10.9. The van der Waals surface area contributed by atoms with Crippen LogP contribution in [0.1, 0.15) is 10.4 Å². The molecule has 6 nitrogen and oxygen atoms in total. The van der Waals surface area contributed by atoms with E-state index in [1.807, 2.05) is 46.7 Å². The molecule has 130 valence electrons. The minimum Gasteiger partial charge on any atom is -0.284 e. The van der Waals surface area contributed by atoms with Crippen LogP contribution in [-0.4, -0.2) is 46.3 Å². The van der Waals surface area contributed by atoms with Gasteiger partial charge in [-0.25, -0.2) is 9.69 Å². The van der Waals surface area contributed by atoms with Crippen molar-refractivity contribution in [1.29, 1.82) is 0 Å². The van der Waals surface area contributed by atoms with E-state index in [4.69, 9.17) is 0 Å². The zero-order valence-electron chi connectivity index (χ0n) is 13.5. The van der Waals surface area contributed by atoms with E-state index in [-0.39, 0.29) is 13.2 Å². The Labute approximate surface area is 157 Å². The van der Waals surface area contributed by atoms with E-state index in [0.717, 1.165) is 24.7 Å². The van der Waals surface area contributed by atoms with Gasteiger partial charge in [0.2, 0.25) is 0 Å². The molecule has 1 fully saturated rings. The predicted molar refractivity (Wildman–Crippen MR) is 97.6 cm³/mol. The average Bonchev–Trinajstić information content (AvgIpc) is 3.16. The van der Waals surface area contributed by atoms with Gasteiger partial charge in [-0.15, -0.1) is 11.3 Å². The van der Waals surface area contributed by atoms with Gasteiger partial charge in [0.25, 0.3) is 0 Å². The number of hydrogen-bond acceptors (Lipinski definition) is 5. The van der Waals surface area contributed by atoms with Crippen molar-refractivity contribution >= 4 is 45.1 Å². The maximum absolute atomic E-state index is 12.5. The number of imide groups is 2. The lowest BCUT2D eigenvalue weighted by Gasteiger charge is -2.22. The molecule has 0 aliphatic carbocycles. The highest BCUT2D eigenvalue weighted by molar-refractivity contribution is 9.10. The van der Waals surface area contributed by atoms with E-state index in [1.165, 1.54) is 11.3 Å². The Bertz CT molecular complexity index is 792. The third kappa shape index (κ3) is 3.97. The minimum absolute atomic E-state index is 0.0699. The van der Waals surface area contributed by atoms with E-state index < -0.39 is 17.8 Å². The fraction of sp³-hybridized carbons (Fsp3) is 0.235. The van der Waals surface area contributed by atoms with Gasteiger partial charge in [-0.1, -0.05) is 34.1 Å². The van der Waals surface area contributed by atoms with Crippen molar-refractivity contribution in [3.8, 4) is 0 Å². The maximum Gasteiger partial charge on any atom is 0.335 e. The van der Waals surface area contributed by atoms with Gasteiger partial charge in [-0.3, -0.25) is 19.4 Å². The summed E-state index contributed by atoms with van der Waals surface area (Å²) in [6.45, 7) is 0.762. The van der Waals surface area contributed by atoms with Crippen molar-refractivity contribution in [2.75, 3.05) is 13.7 Å². The maximum atomic E-state index is 12.5. The van der Waals surface area contributed by atoms with Crippen molar-refractivity contribution in [1.82, 2.24) is 14.7 Å². The van der Waals surface area contributed by atoms with Crippen LogP contribution in [0.5, 0.6) is 0 Å². The minimum atomic E-state index is -0.774. The highest BCUT2D eigenvalue weighted by Crippen LogP contribution is 2.19. The van der Waals surface area contributed by atoms with Crippen LogP contribution < -0.4 is 0 Å². The lowest BCUT2D eigenvalue weighted by Crippen LogP contribution is -2.40. The molecule has 0 atom stereocenters. The second kappa shape index (κ2) is 7.47. The molecule has 1 saturated heterocycles. The number of rotatable bonds is 6. The van der Waals surface area contributed by atoms with Crippen LogP contribution in [0.2, 0.25) is 0 Å². The van der Waals surface area contributed by atoms with Gasteiger partial charge in [0, 0.05) is 15.9 Å². The number of hydrogen-bond donors (Lipinski definition) is 0. The Hall–Kier alpha value is -2.03. The first-order chi connectivity index (χ1) is 12.0. The largest absolute Gasteiger partial charge is 0.335 e. The summed E-state index contributed by atoms with van der Waals surface area (Å²) in [5.41, 5.74) is 1.05. The van der Waals surface area contributed by atoms with Crippen LogP contribution in [0.25, 0.3) is 0 Å². The Morgan fingerprint density at radius 2 is 1.72 bits per heavy atom. The van der Waals surface area contributed by atoms with E-state index in [2.05, 4.69) is 15.9 Å². The second-order valence-corrected chi connectivity index (χ2v) is 7.72. The summed E-state index contributed by atoms with van der Waals surface area (Å²) < 4.78 is 0.985. The quantitative estimate of drug-likeness (QED) is 0.531. The summed E-state index contributed by atoms with van der Waals surface area (Å²) in [7, 11) is 1.80. The van der Waals surface area contributed by atoms with Crippen molar-refractivity contribution < 1.29 is 14.4 Å². The molecule has 8 heteroatoms. The molecule has 2 heterocycles. The number of benzene rings is 1. The third-order valence-electron chi connectivity index (χ3n) is 3.78. The average molecular weight is 422 g/mol. The topological polar surface area (TPSA) is 60.9 Å². The molecule has 1 aromatic heterocycles. The first-order valence-electron chi connectivity index (χ1n) is 7.58. The van der Waals surface area contributed by atoms with E-state index >= 15 is 0 Å². The van der Waals surface area contributed by atoms with Crippen molar-refractivity contribution in [3.05, 3.63) is 56.7 Å². The second-order valence-electron chi connectivity index (χ2n) is 5.77. The van der Waals surface area contributed by atoms with E-state index in [9.17, 15) is 14.4 Å². The van der Waals surface area contributed by atoms with Gasteiger partial charge in [0.05, 0.1) is 13.2 Å². The number of carbonyl (C=O) groups excluding carboxylic acids is 3. The SMILES string of the molecule is CN(Cc1ccc(Br)cc1)CN1C(=O)C(=O)N(Cc2cccs2)C1=O. The highest BCUT2D eigenvalue weighted by atomic mass is 79.9. The molecule has 1 aromatic carbocycles. The molecular formula is C17H16BrN3O3S. The summed E-state index contributed by atoms with van der Waals surface area (Å²) in [5, 5.41) is 1.87. The summed E-state index contributed by atoms with van der Waals surface area (Å²) in [4.78, 5) is 41.4. The number of nitrogens with zero attached hydrogens (tertiary/aromatic N) is 3. The number of urea groups is 1. The Balaban J connectivity index is 1.65. The van der Waals surface area contributed by atoms with Gasteiger partial charge in [-0.2, -0.15) is 0 Å². The summed E-state index contributed by atoms with van der Waals surface area (Å²) in [6.07, 6.45) is 0. The zero-order valence-corrected chi connectivity index (χ0v) is 15.9. The Morgan fingerprint density at radius 1 is 1.04 bits per heavy atom. The molecule has 0 bridgehead atoms. The van der Waals surface area contributed by atoms with Crippen LogP contribution >= 0.6 is 27.3 Å². The molecule has 1 aliphatic rings. The Morgan fingerprint density at radius 3 is 2.36 bits per heavy atom. The van der Waals surface area contributed by atoms with Crippen molar-refractivity contribution in [3.63, 3.8) is 0 Å². The molecule has 4 amide bonds.